The fourth-order valence-electron chi connectivity index (χ4n) is 0.744. The van der Waals surface area contributed by atoms with Crippen molar-refractivity contribution in [3.8, 4) is 0 Å². The molecule has 0 heterocycles. The van der Waals surface area contributed by atoms with Gasteiger partial charge in [-0.15, -0.1) is 0 Å². The summed E-state index contributed by atoms with van der Waals surface area (Å²) in [6, 6.07) is 0. The summed E-state index contributed by atoms with van der Waals surface area (Å²) in [5, 5.41) is 17.3. The molecule has 1 aliphatic carbocycles. The van der Waals surface area contributed by atoms with Crippen LogP contribution >= 0.6 is 0 Å². The van der Waals surface area contributed by atoms with E-state index in [2.05, 4.69) is 0 Å². The van der Waals surface area contributed by atoms with Crippen LogP contribution in [-0.2, 0) is 4.79 Å². The van der Waals surface area contributed by atoms with E-state index in [0.717, 1.165) is 0 Å². The molecule has 0 aromatic rings. The first kappa shape index (κ1) is 10.2. The number of carboxylic acid groups (broad SMARTS) is 1. The second-order valence-electron chi connectivity index (χ2n) is 2.04. The van der Waals surface area contributed by atoms with E-state index in [4.69, 9.17) is 5.41 Å². The average molecular weight is 143 g/mol. The van der Waals surface area contributed by atoms with Crippen molar-refractivity contribution in [2.75, 3.05) is 0 Å². The van der Waals surface area contributed by atoms with Crippen LogP contribution in [0.5, 0.6) is 0 Å². The Labute approximate surface area is 76.5 Å². The van der Waals surface area contributed by atoms with Gasteiger partial charge in [-0.1, -0.05) is 12.2 Å². The van der Waals surface area contributed by atoms with Gasteiger partial charge < -0.3 is 15.3 Å². The molecule has 0 aromatic carbocycles. The molecule has 0 saturated heterocycles. The number of nitrogens with one attached hydrogen (secondary N) is 1. The molecule has 0 amide bonds. The van der Waals surface area contributed by atoms with E-state index in [-0.39, 0.29) is 30.9 Å². The summed E-state index contributed by atoms with van der Waals surface area (Å²) in [7, 11) is 0. The number of carbonyl (C=O) groups is 1. The molecule has 0 spiro atoms. The molecule has 11 heavy (non-hydrogen) atoms. The van der Waals surface area contributed by atoms with E-state index in [1.54, 1.807) is 6.08 Å². The van der Waals surface area contributed by atoms with Gasteiger partial charge in [0, 0.05) is 12.1 Å². The first-order valence-corrected chi connectivity index (χ1v) is 2.86. The summed E-state index contributed by atoms with van der Waals surface area (Å²) >= 11 is 0. The predicted octanol–water partition coefficient (Wildman–Crippen LogP) is -3.35. The van der Waals surface area contributed by atoms with E-state index in [9.17, 15) is 9.90 Å². The van der Waals surface area contributed by atoms with Crippen LogP contribution < -0.4 is 24.0 Å². The normalized spacial score (nSPS) is 15.3. The fraction of sp³-hybridized carbons (Fsp3) is 0.143. The molecule has 1 N–H and O–H groups in total. The van der Waals surface area contributed by atoms with E-state index >= 15 is 0 Å². The van der Waals surface area contributed by atoms with Crippen LogP contribution in [0.4, 0.5) is 0 Å². The van der Waals surface area contributed by atoms with Crippen molar-refractivity contribution in [2.45, 2.75) is 6.42 Å². The summed E-state index contributed by atoms with van der Waals surface area (Å²) in [4.78, 5) is 10.2. The first-order valence-electron chi connectivity index (χ1n) is 2.86. The Bertz CT molecular complexity index is 243. The molecule has 1 rings (SSSR count). The Morgan fingerprint density at radius 1 is 1.64 bits per heavy atom. The van der Waals surface area contributed by atoms with E-state index in [1.165, 1.54) is 12.2 Å². The van der Waals surface area contributed by atoms with E-state index in [0.29, 0.717) is 5.71 Å². The minimum absolute atomic E-state index is 0. The van der Waals surface area contributed by atoms with E-state index < -0.39 is 5.97 Å². The molecule has 3 nitrogen and oxygen atoms in total. The van der Waals surface area contributed by atoms with Crippen molar-refractivity contribution < 1.29 is 28.8 Å². The van der Waals surface area contributed by atoms with Crippen LogP contribution in [0.1, 0.15) is 6.42 Å². The van der Waals surface area contributed by atoms with Crippen LogP contribution in [0, 0.1) is 5.41 Å². The smallest absolute Gasteiger partial charge is 0.545 e. The fourth-order valence-corrected chi connectivity index (χ4v) is 0.744. The number of allylic oxidation sites excluding steroid dienone is 3. The third-order valence-electron chi connectivity index (χ3n) is 1.24. The minimum atomic E-state index is -1.19. The van der Waals surface area contributed by atoms with Crippen LogP contribution in [0.25, 0.3) is 0 Å². The van der Waals surface area contributed by atoms with Gasteiger partial charge in [0.25, 0.3) is 0 Å². The Morgan fingerprint density at radius 2 is 2.27 bits per heavy atom. The Balaban J connectivity index is 0.000001000. The number of hydrogen-bond acceptors (Lipinski definition) is 3. The summed E-state index contributed by atoms with van der Waals surface area (Å²) in [6.07, 6.45) is 4.73. The van der Waals surface area contributed by atoms with Gasteiger partial charge in [-0.2, -0.15) is 0 Å². The number of rotatable bonds is 1. The standard InChI is InChI=1S/C7H7NO2.Li/c8-6-3-1-2-5(4-6)7(9)10;/h1-3,8H,4H2,(H,9,10);/q;+1/p-1. The molecule has 0 aromatic heterocycles. The molecule has 52 valence electrons. The molecule has 0 aliphatic heterocycles. The zero-order valence-electron chi connectivity index (χ0n) is 6.26. The van der Waals surface area contributed by atoms with Crippen LogP contribution in [0.3, 0.4) is 0 Å². The summed E-state index contributed by atoms with van der Waals surface area (Å²) < 4.78 is 0. The average Bonchev–Trinajstić information content (AvgIpc) is 1.88. The molecule has 0 atom stereocenters. The summed E-state index contributed by atoms with van der Waals surface area (Å²) in [5.41, 5.74) is 0.481. The molecule has 0 bridgehead atoms. The molecular formula is C7H6LiNO2. The third-order valence-corrected chi connectivity index (χ3v) is 1.24. The maximum absolute atomic E-state index is 10.2. The molecule has 1 aliphatic rings. The van der Waals surface area contributed by atoms with Crippen LogP contribution in [-0.4, -0.2) is 11.7 Å². The molecule has 0 unspecified atom stereocenters. The monoisotopic (exact) mass is 143 g/mol. The van der Waals surface area contributed by atoms with Crippen molar-refractivity contribution in [2.24, 2.45) is 0 Å². The van der Waals surface area contributed by atoms with Gasteiger partial charge in [-0.25, -0.2) is 0 Å². The van der Waals surface area contributed by atoms with Gasteiger partial charge in [0.2, 0.25) is 0 Å². The van der Waals surface area contributed by atoms with Crippen LogP contribution in [0.15, 0.2) is 23.8 Å². The number of carboxylic acids is 1. The van der Waals surface area contributed by atoms with Gasteiger partial charge >= 0.3 is 18.9 Å². The molecule has 0 radical (unpaired) electrons. The second-order valence-corrected chi connectivity index (χ2v) is 2.04. The quantitative estimate of drug-likeness (QED) is 0.390. The van der Waals surface area contributed by atoms with Gasteiger partial charge in [0.1, 0.15) is 0 Å². The molecule has 0 saturated carbocycles. The third kappa shape index (κ3) is 2.75. The SMILES string of the molecule is N=C1C=CC=C(C(=O)[O-])C1.[Li+]. The zero-order valence-corrected chi connectivity index (χ0v) is 6.26. The molecule has 0 fully saturated rings. The Morgan fingerprint density at radius 3 is 2.64 bits per heavy atom. The van der Waals surface area contributed by atoms with Crippen LogP contribution in [0.2, 0.25) is 0 Å². The number of carbonyl (C=O) groups excluding carboxylic acids is 1. The van der Waals surface area contributed by atoms with Gasteiger partial charge in [0.15, 0.2) is 0 Å². The maximum atomic E-state index is 10.2. The second kappa shape index (κ2) is 4.17. The first-order chi connectivity index (χ1) is 4.70. The van der Waals surface area contributed by atoms with Crippen molar-refractivity contribution >= 4 is 11.7 Å². The maximum Gasteiger partial charge on any atom is 1.00 e. The minimum Gasteiger partial charge on any atom is -0.545 e. The topological polar surface area (TPSA) is 64.0 Å². The van der Waals surface area contributed by atoms with E-state index in [1.807, 2.05) is 0 Å². The predicted molar refractivity (Wildman–Crippen MR) is 34.6 cm³/mol. The Hall–Kier alpha value is -0.783. The summed E-state index contributed by atoms with van der Waals surface area (Å²) in [6.45, 7) is 0. The van der Waals surface area contributed by atoms with Crippen molar-refractivity contribution in [1.82, 2.24) is 0 Å². The summed E-state index contributed by atoms with van der Waals surface area (Å²) in [5.74, 6) is -1.19. The number of hydrogen-bond donors (Lipinski definition) is 1. The van der Waals surface area contributed by atoms with Gasteiger partial charge in [-0.05, 0) is 11.6 Å². The number of aliphatic carboxylic acids is 1. The largest absolute Gasteiger partial charge is 1.00 e. The van der Waals surface area contributed by atoms with Crippen molar-refractivity contribution in [1.29, 1.82) is 5.41 Å². The molecular weight excluding hydrogens is 137 g/mol. The van der Waals surface area contributed by atoms with Crippen molar-refractivity contribution in [3.63, 3.8) is 0 Å². The van der Waals surface area contributed by atoms with Gasteiger partial charge in [0.05, 0.1) is 5.97 Å². The Kier molecular flexibility index (Phi) is 3.87. The molecule has 4 heteroatoms. The zero-order chi connectivity index (χ0) is 7.56. The van der Waals surface area contributed by atoms with Crippen molar-refractivity contribution in [3.05, 3.63) is 23.8 Å². The van der Waals surface area contributed by atoms with Gasteiger partial charge in [-0.3, -0.25) is 0 Å².